The predicted octanol–water partition coefficient (Wildman–Crippen LogP) is 3.51. The first-order valence-electron chi connectivity index (χ1n) is 6.90. The predicted molar refractivity (Wildman–Crippen MR) is 80.1 cm³/mol. The highest BCUT2D eigenvalue weighted by molar-refractivity contribution is 6.14. The third kappa shape index (κ3) is 1.83. The lowest BCUT2D eigenvalue weighted by atomic mass is 10.1. The van der Waals surface area contributed by atoms with E-state index in [1.165, 1.54) is 12.1 Å². The van der Waals surface area contributed by atoms with Crippen molar-refractivity contribution in [3.05, 3.63) is 65.6 Å². The van der Waals surface area contributed by atoms with E-state index in [1.54, 1.807) is 11.0 Å². The molecule has 1 aliphatic heterocycles. The number of aromatic amines is 1. The highest BCUT2D eigenvalue weighted by Gasteiger charge is 2.26. The molecule has 104 valence electrons. The van der Waals surface area contributed by atoms with Gasteiger partial charge < -0.3 is 9.88 Å². The van der Waals surface area contributed by atoms with Gasteiger partial charge in [0.2, 0.25) is 0 Å². The maximum atomic E-state index is 13.5. The molecule has 2 aromatic carbocycles. The molecule has 2 heterocycles. The van der Waals surface area contributed by atoms with Crippen LogP contribution in [0, 0.1) is 5.82 Å². The van der Waals surface area contributed by atoms with Crippen LogP contribution in [0.25, 0.3) is 10.9 Å². The van der Waals surface area contributed by atoms with Crippen molar-refractivity contribution in [3.8, 4) is 0 Å². The third-order valence-corrected chi connectivity index (χ3v) is 4.01. The fourth-order valence-corrected chi connectivity index (χ4v) is 2.98. The van der Waals surface area contributed by atoms with Gasteiger partial charge in [-0.15, -0.1) is 0 Å². The molecule has 0 unspecified atom stereocenters. The Balaban J connectivity index is 1.80. The molecule has 0 fully saturated rings. The molecular formula is C17H13FN2O. The Hall–Kier alpha value is -2.62. The molecule has 0 spiro atoms. The number of rotatable bonds is 1. The van der Waals surface area contributed by atoms with E-state index in [-0.39, 0.29) is 11.7 Å². The number of anilines is 1. The van der Waals surface area contributed by atoms with Gasteiger partial charge in [-0.25, -0.2) is 4.39 Å². The lowest BCUT2D eigenvalue weighted by molar-refractivity contribution is 0.0991. The number of amides is 1. The number of H-pyrrole nitrogens is 1. The summed E-state index contributed by atoms with van der Waals surface area (Å²) in [6.45, 7) is 0.596. The summed E-state index contributed by atoms with van der Waals surface area (Å²) in [4.78, 5) is 17.6. The van der Waals surface area contributed by atoms with Gasteiger partial charge in [0, 0.05) is 29.2 Å². The minimum atomic E-state index is -0.312. The SMILES string of the molecule is O=C(c1cccc2[nH]ccc12)N1CCc2ccc(F)cc21. The summed E-state index contributed by atoms with van der Waals surface area (Å²) >= 11 is 0. The van der Waals surface area contributed by atoms with Gasteiger partial charge in [-0.05, 0) is 42.3 Å². The molecule has 0 aliphatic carbocycles. The number of aromatic nitrogens is 1. The second-order valence-corrected chi connectivity index (χ2v) is 5.22. The summed E-state index contributed by atoms with van der Waals surface area (Å²) < 4.78 is 13.5. The molecule has 3 aromatic rings. The normalized spacial score (nSPS) is 13.7. The highest BCUT2D eigenvalue weighted by Crippen LogP contribution is 2.31. The van der Waals surface area contributed by atoms with Crippen molar-refractivity contribution in [1.29, 1.82) is 0 Å². The molecule has 1 aromatic heterocycles. The number of hydrogen-bond donors (Lipinski definition) is 1. The molecule has 0 atom stereocenters. The van der Waals surface area contributed by atoms with E-state index in [0.29, 0.717) is 17.8 Å². The first-order chi connectivity index (χ1) is 10.2. The van der Waals surface area contributed by atoms with Crippen LogP contribution in [-0.4, -0.2) is 17.4 Å². The standard InChI is InChI=1S/C17H13FN2O/c18-12-5-4-11-7-9-20(16(11)10-12)17(21)14-2-1-3-15-13(14)6-8-19-15/h1-6,8,10,19H,7,9H2. The van der Waals surface area contributed by atoms with E-state index in [0.717, 1.165) is 22.9 Å². The van der Waals surface area contributed by atoms with Crippen molar-refractivity contribution in [3.63, 3.8) is 0 Å². The Morgan fingerprint density at radius 1 is 1.19 bits per heavy atom. The Kier molecular flexibility index (Phi) is 2.57. The minimum absolute atomic E-state index is 0.0791. The van der Waals surface area contributed by atoms with Gasteiger partial charge in [-0.1, -0.05) is 12.1 Å². The van der Waals surface area contributed by atoms with Crippen LogP contribution in [0.3, 0.4) is 0 Å². The van der Waals surface area contributed by atoms with E-state index < -0.39 is 0 Å². The molecule has 3 nitrogen and oxygen atoms in total. The Morgan fingerprint density at radius 2 is 2.10 bits per heavy atom. The lowest BCUT2D eigenvalue weighted by Crippen LogP contribution is -2.29. The highest BCUT2D eigenvalue weighted by atomic mass is 19.1. The molecular weight excluding hydrogens is 267 g/mol. The number of fused-ring (bicyclic) bond motifs is 2. The van der Waals surface area contributed by atoms with Gasteiger partial charge in [0.15, 0.2) is 0 Å². The van der Waals surface area contributed by atoms with Crippen LogP contribution < -0.4 is 4.90 Å². The summed E-state index contributed by atoms with van der Waals surface area (Å²) in [5, 5.41) is 0.896. The maximum absolute atomic E-state index is 13.5. The molecule has 1 N–H and O–H groups in total. The molecule has 0 saturated heterocycles. The topological polar surface area (TPSA) is 36.1 Å². The lowest BCUT2D eigenvalue weighted by Gasteiger charge is -2.18. The Labute approximate surface area is 121 Å². The molecule has 0 saturated carbocycles. The van der Waals surface area contributed by atoms with E-state index in [2.05, 4.69) is 4.98 Å². The zero-order valence-corrected chi connectivity index (χ0v) is 11.3. The van der Waals surface area contributed by atoms with Gasteiger partial charge in [-0.3, -0.25) is 4.79 Å². The fourth-order valence-electron chi connectivity index (χ4n) is 2.98. The molecule has 1 aliphatic rings. The van der Waals surface area contributed by atoms with Gasteiger partial charge in [-0.2, -0.15) is 0 Å². The van der Waals surface area contributed by atoms with E-state index in [1.807, 2.05) is 30.5 Å². The number of nitrogens with one attached hydrogen (secondary N) is 1. The zero-order chi connectivity index (χ0) is 14.4. The average molecular weight is 280 g/mol. The number of carbonyl (C=O) groups excluding carboxylic acids is 1. The molecule has 4 heteroatoms. The molecule has 0 bridgehead atoms. The zero-order valence-electron chi connectivity index (χ0n) is 11.3. The molecule has 21 heavy (non-hydrogen) atoms. The van der Waals surface area contributed by atoms with E-state index in [4.69, 9.17) is 0 Å². The van der Waals surface area contributed by atoms with Crippen molar-refractivity contribution in [2.75, 3.05) is 11.4 Å². The molecule has 4 rings (SSSR count). The van der Waals surface area contributed by atoms with Gasteiger partial charge in [0.05, 0.1) is 5.69 Å². The summed E-state index contributed by atoms with van der Waals surface area (Å²) in [5.41, 5.74) is 3.28. The van der Waals surface area contributed by atoms with Crippen LogP contribution in [0.2, 0.25) is 0 Å². The van der Waals surface area contributed by atoms with Crippen molar-refractivity contribution in [2.45, 2.75) is 6.42 Å². The monoisotopic (exact) mass is 280 g/mol. The number of nitrogens with zero attached hydrogens (tertiary/aromatic N) is 1. The van der Waals surface area contributed by atoms with Crippen LogP contribution in [0.1, 0.15) is 15.9 Å². The van der Waals surface area contributed by atoms with Crippen LogP contribution in [0.5, 0.6) is 0 Å². The van der Waals surface area contributed by atoms with E-state index >= 15 is 0 Å². The first-order valence-corrected chi connectivity index (χ1v) is 6.90. The van der Waals surface area contributed by atoms with E-state index in [9.17, 15) is 9.18 Å². The van der Waals surface area contributed by atoms with Crippen LogP contribution in [0.4, 0.5) is 10.1 Å². The smallest absolute Gasteiger partial charge is 0.258 e. The number of benzene rings is 2. The summed E-state index contributed by atoms with van der Waals surface area (Å²) in [5.74, 6) is -0.391. The number of hydrogen-bond acceptors (Lipinski definition) is 1. The number of carbonyl (C=O) groups is 1. The Bertz CT molecular complexity index is 853. The Morgan fingerprint density at radius 3 is 3.00 bits per heavy atom. The van der Waals surface area contributed by atoms with Crippen LogP contribution in [0.15, 0.2) is 48.7 Å². The maximum Gasteiger partial charge on any atom is 0.258 e. The van der Waals surface area contributed by atoms with Crippen molar-refractivity contribution < 1.29 is 9.18 Å². The fraction of sp³-hybridized carbons (Fsp3) is 0.118. The van der Waals surface area contributed by atoms with Crippen LogP contribution >= 0.6 is 0 Å². The average Bonchev–Trinajstić information content (AvgIpc) is 3.12. The molecule has 1 amide bonds. The van der Waals surface area contributed by atoms with Gasteiger partial charge in [0.1, 0.15) is 5.82 Å². The van der Waals surface area contributed by atoms with Gasteiger partial charge in [0.25, 0.3) is 5.91 Å². The second kappa shape index (κ2) is 4.45. The largest absolute Gasteiger partial charge is 0.361 e. The summed E-state index contributed by atoms with van der Waals surface area (Å²) in [6.07, 6.45) is 2.59. The number of halogens is 1. The van der Waals surface area contributed by atoms with Crippen molar-refractivity contribution in [1.82, 2.24) is 4.98 Å². The van der Waals surface area contributed by atoms with Crippen molar-refractivity contribution >= 4 is 22.5 Å². The third-order valence-electron chi connectivity index (χ3n) is 4.01. The first kappa shape index (κ1) is 12.1. The van der Waals surface area contributed by atoms with Crippen LogP contribution in [-0.2, 0) is 6.42 Å². The quantitative estimate of drug-likeness (QED) is 0.727. The van der Waals surface area contributed by atoms with Crippen molar-refractivity contribution in [2.24, 2.45) is 0 Å². The molecule has 0 radical (unpaired) electrons. The van der Waals surface area contributed by atoms with Gasteiger partial charge >= 0.3 is 0 Å². The minimum Gasteiger partial charge on any atom is -0.361 e. The second-order valence-electron chi connectivity index (χ2n) is 5.22. The summed E-state index contributed by atoms with van der Waals surface area (Å²) in [6, 6.07) is 12.1. The summed E-state index contributed by atoms with van der Waals surface area (Å²) in [7, 11) is 0.